The lowest BCUT2D eigenvalue weighted by Crippen LogP contribution is -2.32. The Balaban J connectivity index is 1.68. The van der Waals surface area contributed by atoms with Gasteiger partial charge in [-0.2, -0.15) is 0 Å². The molecule has 5 heteroatoms. The van der Waals surface area contributed by atoms with E-state index in [9.17, 15) is 9.59 Å². The molecule has 1 atom stereocenters. The van der Waals surface area contributed by atoms with E-state index in [1.807, 2.05) is 17.5 Å². The zero-order valence-electron chi connectivity index (χ0n) is 10.8. The second-order valence-corrected chi connectivity index (χ2v) is 6.29. The summed E-state index contributed by atoms with van der Waals surface area (Å²) in [4.78, 5) is 25.6. The number of amides is 3. The lowest BCUT2D eigenvalue weighted by Gasteiger charge is -2.23. The second-order valence-electron chi connectivity index (χ2n) is 5.37. The molecular formula is C14H18N2O2S. The lowest BCUT2D eigenvalue weighted by molar-refractivity contribution is -0.118. The Morgan fingerprint density at radius 1 is 1.26 bits per heavy atom. The maximum absolute atomic E-state index is 12.3. The predicted octanol–water partition coefficient (Wildman–Crippen LogP) is 3.14. The largest absolute Gasteiger partial charge is 0.330 e. The standard InChI is InChI=1S/C14H18N2O2S/c17-13-11(9-10-5-2-1-3-6-10)15-14(18)16(13)12-7-4-8-19-12/h4,7-8,10-11H,1-3,5-6,9H2,(H,15,18). The molecule has 3 amide bonds. The lowest BCUT2D eigenvalue weighted by atomic mass is 9.85. The molecule has 1 aromatic heterocycles. The summed E-state index contributed by atoms with van der Waals surface area (Å²) in [7, 11) is 0. The Hall–Kier alpha value is -1.36. The molecule has 19 heavy (non-hydrogen) atoms. The number of thiophene rings is 1. The summed E-state index contributed by atoms with van der Waals surface area (Å²) in [6.07, 6.45) is 7.01. The Bertz CT molecular complexity index is 466. The van der Waals surface area contributed by atoms with E-state index in [-0.39, 0.29) is 18.0 Å². The van der Waals surface area contributed by atoms with Crippen LogP contribution in [0.5, 0.6) is 0 Å². The van der Waals surface area contributed by atoms with Crippen LogP contribution < -0.4 is 10.2 Å². The van der Waals surface area contributed by atoms with Crippen molar-refractivity contribution in [1.82, 2.24) is 5.32 Å². The third-order valence-corrected chi connectivity index (χ3v) is 4.89. The van der Waals surface area contributed by atoms with Crippen molar-refractivity contribution in [2.24, 2.45) is 5.92 Å². The molecule has 102 valence electrons. The van der Waals surface area contributed by atoms with Crippen molar-refractivity contribution in [2.45, 2.75) is 44.6 Å². The van der Waals surface area contributed by atoms with Gasteiger partial charge in [0.25, 0.3) is 5.91 Å². The highest BCUT2D eigenvalue weighted by Crippen LogP contribution is 2.31. The molecule has 2 aliphatic rings. The topological polar surface area (TPSA) is 49.4 Å². The molecule has 0 radical (unpaired) electrons. The molecule has 1 saturated carbocycles. The van der Waals surface area contributed by atoms with E-state index >= 15 is 0 Å². The average molecular weight is 278 g/mol. The third-order valence-electron chi connectivity index (χ3n) is 4.04. The van der Waals surface area contributed by atoms with Gasteiger partial charge in [-0.1, -0.05) is 32.1 Å². The van der Waals surface area contributed by atoms with Crippen LogP contribution in [-0.4, -0.2) is 18.0 Å². The average Bonchev–Trinajstić information content (AvgIpc) is 3.01. The summed E-state index contributed by atoms with van der Waals surface area (Å²) in [5.41, 5.74) is 0. The van der Waals surface area contributed by atoms with Crippen LogP contribution in [0.25, 0.3) is 0 Å². The van der Waals surface area contributed by atoms with E-state index in [0.717, 1.165) is 6.42 Å². The molecule has 1 saturated heterocycles. The van der Waals surface area contributed by atoms with Crippen molar-refractivity contribution in [1.29, 1.82) is 0 Å². The molecule has 0 bridgehead atoms. The molecule has 3 rings (SSSR count). The molecule has 2 heterocycles. The molecule has 1 aliphatic carbocycles. The normalized spacial score (nSPS) is 24.8. The summed E-state index contributed by atoms with van der Waals surface area (Å²) in [6.45, 7) is 0. The number of imide groups is 1. The Labute approximate surface area is 116 Å². The highest BCUT2D eigenvalue weighted by molar-refractivity contribution is 7.14. The fourth-order valence-corrected chi connectivity index (χ4v) is 3.78. The van der Waals surface area contributed by atoms with Gasteiger partial charge in [0.2, 0.25) is 0 Å². The van der Waals surface area contributed by atoms with E-state index in [1.54, 1.807) is 0 Å². The Kier molecular flexibility index (Phi) is 3.55. The summed E-state index contributed by atoms with van der Waals surface area (Å²) in [6, 6.07) is 3.08. The first-order valence-corrected chi connectivity index (χ1v) is 7.81. The van der Waals surface area contributed by atoms with Crippen molar-refractivity contribution in [3.63, 3.8) is 0 Å². The van der Waals surface area contributed by atoms with Gasteiger partial charge in [-0.3, -0.25) is 4.79 Å². The molecule has 1 unspecified atom stereocenters. The van der Waals surface area contributed by atoms with Gasteiger partial charge in [0.1, 0.15) is 11.0 Å². The van der Waals surface area contributed by atoms with Crippen molar-refractivity contribution in [3.05, 3.63) is 17.5 Å². The number of urea groups is 1. The van der Waals surface area contributed by atoms with Crippen LogP contribution in [0.4, 0.5) is 9.80 Å². The van der Waals surface area contributed by atoms with Crippen LogP contribution in [0.1, 0.15) is 38.5 Å². The molecular weight excluding hydrogens is 260 g/mol. The number of nitrogens with one attached hydrogen (secondary N) is 1. The zero-order chi connectivity index (χ0) is 13.2. The predicted molar refractivity (Wildman–Crippen MR) is 75.3 cm³/mol. The van der Waals surface area contributed by atoms with Gasteiger partial charge in [-0.05, 0) is 29.9 Å². The highest BCUT2D eigenvalue weighted by Gasteiger charge is 2.40. The van der Waals surface area contributed by atoms with Gasteiger partial charge < -0.3 is 5.32 Å². The number of anilines is 1. The quantitative estimate of drug-likeness (QED) is 0.863. The molecule has 4 nitrogen and oxygen atoms in total. The van der Waals surface area contributed by atoms with E-state index in [4.69, 9.17) is 0 Å². The Morgan fingerprint density at radius 3 is 2.74 bits per heavy atom. The van der Waals surface area contributed by atoms with E-state index in [0.29, 0.717) is 10.9 Å². The number of hydrogen-bond donors (Lipinski definition) is 1. The van der Waals surface area contributed by atoms with Crippen LogP contribution in [-0.2, 0) is 4.79 Å². The number of carbonyl (C=O) groups is 2. The van der Waals surface area contributed by atoms with Crippen LogP contribution in [0.15, 0.2) is 17.5 Å². The Morgan fingerprint density at radius 2 is 2.05 bits per heavy atom. The highest BCUT2D eigenvalue weighted by atomic mass is 32.1. The van der Waals surface area contributed by atoms with Crippen molar-refractivity contribution >= 4 is 28.3 Å². The number of carbonyl (C=O) groups excluding carboxylic acids is 2. The maximum atomic E-state index is 12.3. The van der Waals surface area contributed by atoms with Crippen LogP contribution in [0.2, 0.25) is 0 Å². The van der Waals surface area contributed by atoms with Crippen molar-refractivity contribution < 1.29 is 9.59 Å². The van der Waals surface area contributed by atoms with E-state index in [1.165, 1.54) is 48.3 Å². The van der Waals surface area contributed by atoms with Gasteiger partial charge in [0.15, 0.2) is 0 Å². The smallest absolute Gasteiger partial charge is 0.325 e. The van der Waals surface area contributed by atoms with Gasteiger partial charge in [-0.15, -0.1) is 11.3 Å². The van der Waals surface area contributed by atoms with E-state index in [2.05, 4.69) is 5.32 Å². The first-order chi connectivity index (χ1) is 9.25. The van der Waals surface area contributed by atoms with Gasteiger partial charge in [0.05, 0.1) is 0 Å². The molecule has 1 N–H and O–H groups in total. The zero-order valence-corrected chi connectivity index (χ0v) is 11.6. The summed E-state index contributed by atoms with van der Waals surface area (Å²) < 4.78 is 0. The van der Waals surface area contributed by atoms with Crippen molar-refractivity contribution in [3.8, 4) is 0 Å². The molecule has 1 aliphatic heterocycles. The molecule has 0 spiro atoms. The van der Waals surface area contributed by atoms with Crippen LogP contribution in [0.3, 0.4) is 0 Å². The third kappa shape index (κ3) is 2.52. The molecule has 2 fully saturated rings. The summed E-state index contributed by atoms with van der Waals surface area (Å²) >= 11 is 1.42. The monoisotopic (exact) mass is 278 g/mol. The number of nitrogens with zero attached hydrogens (tertiary/aromatic N) is 1. The summed E-state index contributed by atoms with van der Waals surface area (Å²) in [5, 5.41) is 5.43. The minimum atomic E-state index is -0.322. The fourth-order valence-electron chi connectivity index (χ4n) is 3.05. The second kappa shape index (κ2) is 5.33. The minimum Gasteiger partial charge on any atom is -0.325 e. The van der Waals surface area contributed by atoms with E-state index < -0.39 is 0 Å². The number of hydrogen-bond acceptors (Lipinski definition) is 3. The van der Waals surface area contributed by atoms with Gasteiger partial charge in [-0.25, -0.2) is 9.69 Å². The van der Waals surface area contributed by atoms with Crippen molar-refractivity contribution in [2.75, 3.05) is 4.90 Å². The summed E-state index contributed by atoms with van der Waals surface area (Å²) in [5.74, 6) is 0.504. The SMILES string of the molecule is O=C1NC(CC2CCCCC2)C(=O)N1c1cccs1. The number of rotatable bonds is 3. The molecule has 0 aromatic carbocycles. The molecule has 1 aromatic rings. The maximum Gasteiger partial charge on any atom is 0.330 e. The first kappa shape index (κ1) is 12.7. The van der Waals surface area contributed by atoms with Crippen LogP contribution >= 0.6 is 11.3 Å². The first-order valence-electron chi connectivity index (χ1n) is 6.93. The fraction of sp³-hybridized carbons (Fsp3) is 0.571. The van der Waals surface area contributed by atoms with Crippen LogP contribution in [0, 0.1) is 5.92 Å². The van der Waals surface area contributed by atoms with Gasteiger partial charge >= 0.3 is 6.03 Å². The minimum absolute atomic E-state index is 0.0852. The van der Waals surface area contributed by atoms with Gasteiger partial charge in [0, 0.05) is 0 Å².